The summed E-state index contributed by atoms with van der Waals surface area (Å²) in [6.45, 7) is 2.74. The van der Waals surface area contributed by atoms with Crippen LogP contribution in [0.1, 0.15) is 23.6 Å². The molecule has 1 saturated heterocycles. The number of rotatable bonds is 10. The number of hydrogen-bond acceptors (Lipinski definition) is 6. The Morgan fingerprint density at radius 3 is 1.98 bits per heavy atom. The molecule has 1 aliphatic rings. The van der Waals surface area contributed by atoms with Gasteiger partial charge >= 0.3 is 6.03 Å². The summed E-state index contributed by atoms with van der Waals surface area (Å²) in [7, 11) is 0. The first-order valence-corrected chi connectivity index (χ1v) is 15.4. The summed E-state index contributed by atoms with van der Waals surface area (Å²) < 4.78 is 19.5. The second-order valence-corrected chi connectivity index (χ2v) is 11.8. The number of barbiturate groups is 1. The van der Waals surface area contributed by atoms with Gasteiger partial charge in [0.2, 0.25) is 0 Å². The molecule has 0 atom stereocenters. The summed E-state index contributed by atoms with van der Waals surface area (Å²) in [6.07, 6.45) is 1.36. The number of carbonyl (C=O) groups excluding carboxylic acids is 3. The zero-order valence-corrected chi connectivity index (χ0v) is 27.2. The average molecular weight is 741 g/mol. The molecule has 0 aromatic heterocycles. The normalized spacial score (nSPS) is 14.0. The standard InChI is InChI=1S/C33H25Br2ClN2O6/c1-2-42-29-17-22(16-28(36)30(29)44-19-21-5-9-24(35)10-6-21)15-27-31(39)37-33(41)38(32(27)40)25-11-13-26(14-12-25)43-18-20-3-7-23(34)8-4-20/h3-17H,2,18-19H2,1H3,(H,37,39,41)/b27-15+. The largest absolute Gasteiger partial charge is 0.490 e. The Bertz CT molecular complexity index is 1730. The first-order valence-electron chi connectivity index (χ1n) is 13.4. The van der Waals surface area contributed by atoms with E-state index in [2.05, 4.69) is 37.2 Å². The van der Waals surface area contributed by atoms with Crippen LogP contribution in [0, 0.1) is 0 Å². The molecule has 8 nitrogen and oxygen atoms in total. The van der Waals surface area contributed by atoms with E-state index in [0.717, 1.165) is 25.0 Å². The Kier molecular flexibility index (Phi) is 10.0. The molecular weight excluding hydrogens is 716 g/mol. The Balaban J connectivity index is 1.35. The van der Waals surface area contributed by atoms with Gasteiger partial charge in [-0.2, -0.15) is 0 Å². The van der Waals surface area contributed by atoms with Crippen LogP contribution in [0.5, 0.6) is 17.2 Å². The van der Waals surface area contributed by atoms with Crippen LogP contribution in [0.3, 0.4) is 0 Å². The number of amides is 4. The van der Waals surface area contributed by atoms with E-state index in [1.807, 2.05) is 55.5 Å². The van der Waals surface area contributed by atoms with Crippen LogP contribution in [0.25, 0.3) is 6.08 Å². The summed E-state index contributed by atoms with van der Waals surface area (Å²) in [5.41, 5.74) is 2.34. The molecule has 11 heteroatoms. The molecule has 1 aliphatic heterocycles. The van der Waals surface area contributed by atoms with Crippen molar-refractivity contribution >= 4 is 73.1 Å². The number of halogens is 3. The van der Waals surface area contributed by atoms with Gasteiger partial charge in [0.05, 0.1) is 17.3 Å². The molecule has 1 N–H and O–H groups in total. The summed E-state index contributed by atoms with van der Waals surface area (Å²) >= 11 is 13.4. The van der Waals surface area contributed by atoms with Gasteiger partial charge in [-0.15, -0.1) is 0 Å². The highest BCUT2D eigenvalue weighted by molar-refractivity contribution is 9.10. The van der Waals surface area contributed by atoms with Crippen molar-refractivity contribution in [2.75, 3.05) is 11.5 Å². The maximum atomic E-state index is 13.5. The Hall–Kier alpha value is -4.12. The van der Waals surface area contributed by atoms with Gasteiger partial charge in [0.15, 0.2) is 11.5 Å². The first-order chi connectivity index (χ1) is 21.2. The van der Waals surface area contributed by atoms with Crippen LogP contribution < -0.4 is 24.4 Å². The first kappa shape index (κ1) is 31.3. The highest BCUT2D eigenvalue weighted by Gasteiger charge is 2.37. The van der Waals surface area contributed by atoms with E-state index in [1.54, 1.807) is 36.4 Å². The van der Waals surface area contributed by atoms with E-state index in [4.69, 9.17) is 25.8 Å². The van der Waals surface area contributed by atoms with E-state index < -0.39 is 17.8 Å². The maximum absolute atomic E-state index is 13.5. The van der Waals surface area contributed by atoms with Gasteiger partial charge < -0.3 is 14.2 Å². The smallest absolute Gasteiger partial charge is 0.335 e. The van der Waals surface area contributed by atoms with Crippen LogP contribution in [-0.2, 0) is 22.8 Å². The number of anilines is 1. The molecule has 5 rings (SSSR count). The number of nitrogens with one attached hydrogen (secondary N) is 1. The van der Waals surface area contributed by atoms with Crippen LogP contribution in [-0.4, -0.2) is 24.5 Å². The number of hydrogen-bond donors (Lipinski definition) is 1. The third kappa shape index (κ3) is 7.50. The number of imide groups is 2. The molecule has 4 aromatic carbocycles. The van der Waals surface area contributed by atoms with E-state index in [-0.39, 0.29) is 22.9 Å². The highest BCUT2D eigenvalue weighted by Crippen LogP contribution is 2.38. The lowest BCUT2D eigenvalue weighted by molar-refractivity contribution is -0.122. The van der Waals surface area contributed by atoms with E-state index in [9.17, 15) is 14.4 Å². The fourth-order valence-corrected chi connectivity index (χ4v) is 5.11. The molecule has 1 fully saturated rings. The molecule has 4 amide bonds. The zero-order chi connectivity index (χ0) is 31.2. The third-order valence-corrected chi connectivity index (χ3v) is 7.79. The number of nitrogens with zero attached hydrogens (tertiary/aromatic N) is 1. The predicted molar refractivity (Wildman–Crippen MR) is 175 cm³/mol. The Labute approximate surface area is 275 Å². The minimum absolute atomic E-state index is 0.232. The molecule has 0 saturated carbocycles. The number of carbonyl (C=O) groups is 3. The summed E-state index contributed by atoms with van der Waals surface area (Å²) in [5, 5.41) is 2.47. The second kappa shape index (κ2) is 14.1. The lowest BCUT2D eigenvalue weighted by Crippen LogP contribution is -2.54. The van der Waals surface area contributed by atoms with Crippen LogP contribution >= 0.6 is 43.5 Å². The van der Waals surface area contributed by atoms with E-state index in [0.29, 0.717) is 36.0 Å². The Morgan fingerprint density at radius 1 is 0.795 bits per heavy atom. The van der Waals surface area contributed by atoms with Gasteiger partial charge in [-0.3, -0.25) is 14.9 Å². The fraction of sp³-hybridized carbons (Fsp3) is 0.121. The van der Waals surface area contributed by atoms with Crippen molar-refractivity contribution in [3.63, 3.8) is 0 Å². The van der Waals surface area contributed by atoms with Gasteiger partial charge in [0.25, 0.3) is 11.8 Å². The molecule has 44 heavy (non-hydrogen) atoms. The number of ether oxygens (including phenoxy) is 3. The van der Waals surface area contributed by atoms with Crippen molar-refractivity contribution in [2.45, 2.75) is 20.1 Å². The van der Waals surface area contributed by atoms with Gasteiger partial charge in [-0.1, -0.05) is 67.7 Å². The van der Waals surface area contributed by atoms with Crippen LogP contribution in [0.15, 0.2) is 99.4 Å². The van der Waals surface area contributed by atoms with Crippen molar-refractivity contribution < 1.29 is 28.6 Å². The molecule has 4 aromatic rings. The quantitative estimate of drug-likeness (QED) is 0.131. The maximum Gasteiger partial charge on any atom is 0.335 e. The summed E-state index contributed by atoms with van der Waals surface area (Å²) in [4.78, 5) is 39.9. The van der Waals surface area contributed by atoms with Gasteiger partial charge in [0.1, 0.15) is 24.5 Å². The molecular formula is C33H25Br2ClN2O6. The molecule has 224 valence electrons. The minimum atomic E-state index is -0.856. The minimum Gasteiger partial charge on any atom is -0.490 e. The van der Waals surface area contributed by atoms with E-state index in [1.165, 1.54) is 6.08 Å². The topological polar surface area (TPSA) is 94.2 Å². The predicted octanol–water partition coefficient (Wildman–Crippen LogP) is 8.09. The van der Waals surface area contributed by atoms with Gasteiger partial charge in [-0.25, -0.2) is 9.69 Å². The van der Waals surface area contributed by atoms with Crippen molar-refractivity contribution in [2.24, 2.45) is 0 Å². The lowest BCUT2D eigenvalue weighted by atomic mass is 10.1. The van der Waals surface area contributed by atoms with Crippen molar-refractivity contribution in [1.82, 2.24) is 5.32 Å². The fourth-order valence-electron chi connectivity index (χ4n) is 4.31. The Morgan fingerprint density at radius 2 is 1.39 bits per heavy atom. The lowest BCUT2D eigenvalue weighted by Gasteiger charge is -2.26. The summed E-state index contributed by atoms with van der Waals surface area (Å²) in [6, 6.07) is 24.2. The van der Waals surface area contributed by atoms with Crippen molar-refractivity contribution in [1.29, 1.82) is 0 Å². The monoisotopic (exact) mass is 738 g/mol. The molecule has 0 spiro atoms. The zero-order valence-electron chi connectivity index (χ0n) is 23.3. The second-order valence-electron chi connectivity index (χ2n) is 9.55. The molecule has 0 bridgehead atoms. The molecule has 0 unspecified atom stereocenters. The van der Waals surface area contributed by atoms with Crippen LogP contribution in [0.2, 0.25) is 5.02 Å². The third-order valence-electron chi connectivity index (χ3n) is 6.45. The molecule has 0 radical (unpaired) electrons. The van der Waals surface area contributed by atoms with Crippen molar-refractivity contribution in [3.8, 4) is 17.2 Å². The SMILES string of the molecule is CCOc1cc(/C=C2\C(=O)NC(=O)N(c3ccc(OCc4ccc(Br)cc4)cc3)C2=O)cc(Cl)c1OCc1ccc(Br)cc1. The number of urea groups is 1. The highest BCUT2D eigenvalue weighted by atomic mass is 79.9. The van der Waals surface area contributed by atoms with Gasteiger partial charge in [-0.05, 0) is 90.4 Å². The average Bonchev–Trinajstić information content (AvgIpc) is 3.00. The van der Waals surface area contributed by atoms with Gasteiger partial charge in [0, 0.05) is 8.95 Å². The molecule has 0 aliphatic carbocycles. The number of benzene rings is 4. The van der Waals surface area contributed by atoms with Crippen LogP contribution in [0.4, 0.5) is 10.5 Å². The van der Waals surface area contributed by atoms with E-state index >= 15 is 0 Å². The summed E-state index contributed by atoms with van der Waals surface area (Å²) in [5.74, 6) is -0.382. The molecule has 1 heterocycles. The van der Waals surface area contributed by atoms with Crippen molar-refractivity contribution in [3.05, 3.63) is 121 Å².